The normalized spacial score (nSPS) is 10.7. The predicted molar refractivity (Wildman–Crippen MR) is 91.6 cm³/mol. The number of hydrogen-bond acceptors (Lipinski definition) is 4. The molecule has 0 saturated heterocycles. The quantitative estimate of drug-likeness (QED) is 0.618. The molecule has 0 radical (unpaired) electrons. The minimum atomic E-state index is -0.591. The van der Waals surface area contributed by atoms with Crippen LogP contribution < -0.4 is 0 Å². The molecule has 1 aromatic heterocycles. The average Bonchev–Trinajstić information content (AvgIpc) is 3.06. The number of rotatable bonds is 5. The van der Waals surface area contributed by atoms with Crippen LogP contribution in [0.5, 0.6) is 0 Å². The standard InChI is InChI=1S/C19H15ClFNO3/c1-12-5-7-13(8-6-12)18-9-14(22-25-18)11-24-19(23)10-15-16(20)3-2-4-17(15)21/h2-9H,10-11H2,1H3. The van der Waals surface area contributed by atoms with Gasteiger partial charge in [0.05, 0.1) is 6.42 Å². The molecule has 0 unspecified atom stereocenters. The zero-order chi connectivity index (χ0) is 17.8. The van der Waals surface area contributed by atoms with Crippen molar-refractivity contribution >= 4 is 17.6 Å². The molecule has 0 spiro atoms. The van der Waals surface area contributed by atoms with E-state index in [1.54, 1.807) is 6.07 Å². The summed E-state index contributed by atoms with van der Waals surface area (Å²) in [5.41, 5.74) is 2.62. The highest BCUT2D eigenvalue weighted by Gasteiger charge is 2.14. The van der Waals surface area contributed by atoms with Crippen LogP contribution in [0.4, 0.5) is 4.39 Å². The zero-order valence-electron chi connectivity index (χ0n) is 13.5. The van der Waals surface area contributed by atoms with Gasteiger partial charge in [0, 0.05) is 22.2 Å². The van der Waals surface area contributed by atoms with Crippen molar-refractivity contribution in [3.63, 3.8) is 0 Å². The second kappa shape index (κ2) is 7.49. The van der Waals surface area contributed by atoms with Crippen LogP contribution in [0.25, 0.3) is 11.3 Å². The summed E-state index contributed by atoms with van der Waals surface area (Å²) in [5.74, 6) is -0.539. The summed E-state index contributed by atoms with van der Waals surface area (Å²) < 4.78 is 24.1. The number of benzene rings is 2. The molecule has 4 nitrogen and oxygen atoms in total. The molecule has 0 aliphatic heterocycles. The number of esters is 1. The Morgan fingerprint density at radius 1 is 1.24 bits per heavy atom. The molecular formula is C19H15ClFNO3. The Bertz CT molecular complexity index is 870. The van der Waals surface area contributed by atoms with Crippen LogP contribution in [0.2, 0.25) is 5.02 Å². The van der Waals surface area contributed by atoms with Crippen molar-refractivity contribution < 1.29 is 18.4 Å². The molecule has 0 amide bonds. The molecule has 25 heavy (non-hydrogen) atoms. The minimum Gasteiger partial charge on any atom is -0.459 e. The number of halogens is 2. The lowest BCUT2D eigenvalue weighted by molar-refractivity contribution is -0.144. The van der Waals surface area contributed by atoms with Gasteiger partial charge in [0.2, 0.25) is 0 Å². The van der Waals surface area contributed by atoms with E-state index in [2.05, 4.69) is 5.16 Å². The van der Waals surface area contributed by atoms with Crippen LogP contribution in [0, 0.1) is 12.7 Å². The Balaban J connectivity index is 1.60. The van der Waals surface area contributed by atoms with Gasteiger partial charge < -0.3 is 9.26 Å². The molecule has 2 aromatic carbocycles. The summed E-state index contributed by atoms with van der Waals surface area (Å²) in [6.45, 7) is 1.94. The fourth-order valence-electron chi connectivity index (χ4n) is 2.28. The highest BCUT2D eigenvalue weighted by molar-refractivity contribution is 6.31. The number of ether oxygens (including phenoxy) is 1. The Morgan fingerprint density at radius 3 is 2.72 bits per heavy atom. The molecule has 0 aliphatic carbocycles. The van der Waals surface area contributed by atoms with Crippen LogP contribution in [-0.2, 0) is 22.6 Å². The molecule has 0 fully saturated rings. The zero-order valence-corrected chi connectivity index (χ0v) is 14.2. The van der Waals surface area contributed by atoms with Gasteiger partial charge in [0.25, 0.3) is 0 Å². The van der Waals surface area contributed by atoms with Gasteiger partial charge in [0.15, 0.2) is 5.76 Å². The van der Waals surface area contributed by atoms with Crippen molar-refractivity contribution in [2.75, 3.05) is 0 Å². The number of aromatic nitrogens is 1. The van der Waals surface area contributed by atoms with Gasteiger partial charge in [-0.05, 0) is 19.1 Å². The molecule has 1 heterocycles. The number of aryl methyl sites for hydroxylation is 1. The lowest BCUT2D eigenvalue weighted by atomic mass is 10.1. The summed E-state index contributed by atoms with van der Waals surface area (Å²) in [4.78, 5) is 11.9. The van der Waals surface area contributed by atoms with Crippen LogP contribution in [0.3, 0.4) is 0 Å². The number of carbonyl (C=O) groups is 1. The first-order valence-corrected chi connectivity index (χ1v) is 8.02. The first-order valence-electron chi connectivity index (χ1n) is 7.64. The minimum absolute atomic E-state index is 0.0553. The summed E-state index contributed by atoms with van der Waals surface area (Å²) in [6.07, 6.45) is -0.242. The van der Waals surface area contributed by atoms with Crippen LogP contribution in [0.1, 0.15) is 16.8 Å². The van der Waals surface area contributed by atoms with E-state index in [-0.39, 0.29) is 23.6 Å². The van der Waals surface area contributed by atoms with Gasteiger partial charge in [-0.1, -0.05) is 52.7 Å². The van der Waals surface area contributed by atoms with E-state index < -0.39 is 11.8 Å². The lowest BCUT2D eigenvalue weighted by Crippen LogP contribution is -2.09. The fourth-order valence-corrected chi connectivity index (χ4v) is 2.51. The Labute approximate surface area is 149 Å². The van der Waals surface area contributed by atoms with Crippen molar-refractivity contribution in [3.05, 3.63) is 76.2 Å². The molecule has 0 N–H and O–H groups in total. The van der Waals surface area contributed by atoms with Crippen molar-refractivity contribution in [2.45, 2.75) is 20.0 Å². The average molecular weight is 360 g/mol. The van der Waals surface area contributed by atoms with Crippen LogP contribution >= 0.6 is 11.6 Å². The summed E-state index contributed by atoms with van der Waals surface area (Å²) in [7, 11) is 0. The second-order valence-corrected chi connectivity index (χ2v) is 5.99. The van der Waals surface area contributed by atoms with E-state index in [0.29, 0.717) is 11.5 Å². The van der Waals surface area contributed by atoms with Gasteiger partial charge >= 0.3 is 5.97 Å². The van der Waals surface area contributed by atoms with Crippen molar-refractivity contribution in [2.24, 2.45) is 0 Å². The van der Waals surface area contributed by atoms with E-state index in [4.69, 9.17) is 20.9 Å². The first-order chi connectivity index (χ1) is 12.0. The van der Waals surface area contributed by atoms with Gasteiger partial charge in [-0.25, -0.2) is 4.39 Å². The Kier molecular flexibility index (Phi) is 5.14. The first kappa shape index (κ1) is 17.2. The molecule has 3 rings (SSSR count). The van der Waals surface area contributed by atoms with Gasteiger partial charge in [-0.2, -0.15) is 0 Å². The highest BCUT2D eigenvalue weighted by Crippen LogP contribution is 2.22. The molecule has 0 saturated carbocycles. The molecule has 0 bridgehead atoms. The summed E-state index contributed by atoms with van der Waals surface area (Å²) in [6, 6.07) is 13.7. The maximum absolute atomic E-state index is 13.7. The number of nitrogens with zero attached hydrogens (tertiary/aromatic N) is 1. The monoisotopic (exact) mass is 359 g/mol. The third-order valence-electron chi connectivity index (χ3n) is 3.66. The molecule has 6 heteroatoms. The molecule has 128 valence electrons. The highest BCUT2D eigenvalue weighted by atomic mass is 35.5. The fraction of sp³-hybridized carbons (Fsp3) is 0.158. The van der Waals surface area contributed by atoms with Crippen LogP contribution in [-0.4, -0.2) is 11.1 Å². The van der Waals surface area contributed by atoms with E-state index in [0.717, 1.165) is 11.1 Å². The van der Waals surface area contributed by atoms with Crippen molar-refractivity contribution in [3.8, 4) is 11.3 Å². The smallest absolute Gasteiger partial charge is 0.310 e. The molecular weight excluding hydrogens is 345 g/mol. The van der Waals surface area contributed by atoms with Crippen molar-refractivity contribution in [1.29, 1.82) is 0 Å². The third-order valence-corrected chi connectivity index (χ3v) is 4.01. The van der Waals surface area contributed by atoms with E-state index >= 15 is 0 Å². The SMILES string of the molecule is Cc1ccc(-c2cc(COC(=O)Cc3c(F)cccc3Cl)no2)cc1. The predicted octanol–water partition coefficient (Wildman–Crippen LogP) is 4.73. The molecule has 3 aromatic rings. The van der Waals surface area contributed by atoms with E-state index in [9.17, 15) is 9.18 Å². The van der Waals surface area contributed by atoms with Gasteiger partial charge in [-0.3, -0.25) is 4.79 Å². The summed E-state index contributed by atoms with van der Waals surface area (Å²) in [5, 5.41) is 4.07. The van der Waals surface area contributed by atoms with E-state index in [1.807, 2.05) is 31.2 Å². The molecule has 0 aliphatic rings. The van der Waals surface area contributed by atoms with Crippen LogP contribution in [0.15, 0.2) is 53.1 Å². The molecule has 0 atom stereocenters. The lowest BCUT2D eigenvalue weighted by Gasteiger charge is -2.05. The maximum atomic E-state index is 13.7. The summed E-state index contributed by atoms with van der Waals surface area (Å²) >= 11 is 5.90. The Morgan fingerprint density at radius 2 is 2.00 bits per heavy atom. The van der Waals surface area contributed by atoms with E-state index in [1.165, 1.54) is 18.2 Å². The number of carbonyl (C=O) groups excluding carboxylic acids is 1. The van der Waals surface area contributed by atoms with Crippen molar-refractivity contribution in [1.82, 2.24) is 5.16 Å². The number of hydrogen-bond donors (Lipinski definition) is 0. The van der Waals surface area contributed by atoms with Gasteiger partial charge in [-0.15, -0.1) is 0 Å². The maximum Gasteiger partial charge on any atom is 0.310 e. The largest absolute Gasteiger partial charge is 0.459 e. The Hall–Kier alpha value is -2.66. The second-order valence-electron chi connectivity index (χ2n) is 5.59. The third kappa shape index (κ3) is 4.25. The topological polar surface area (TPSA) is 52.3 Å². The van der Waals surface area contributed by atoms with Gasteiger partial charge in [0.1, 0.15) is 18.1 Å².